The van der Waals surface area contributed by atoms with Gasteiger partial charge in [0.25, 0.3) is 0 Å². The third kappa shape index (κ3) is 4.54. The summed E-state index contributed by atoms with van der Waals surface area (Å²) in [7, 11) is 0. The Morgan fingerprint density at radius 3 is 2.86 bits per heavy atom. The number of carbonyl (C=O) groups excluding carboxylic acids is 1. The molecule has 1 atom stereocenters. The molecular formula is C17H18N2O2. The van der Waals surface area contributed by atoms with Crippen LogP contribution in [0, 0.1) is 6.92 Å². The lowest BCUT2D eigenvalue weighted by Gasteiger charge is -2.13. The van der Waals surface area contributed by atoms with Gasteiger partial charge in [0, 0.05) is 25.0 Å². The number of aromatic nitrogens is 1. The first-order valence-corrected chi connectivity index (χ1v) is 6.76. The van der Waals surface area contributed by atoms with Crippen molar-refractivity contribution in [1.82, 2.24) is 10.3 Å². The third-order valence-corrected chi connectivity index (χ3v) is 3.13. The van der Waals surface area contributed by atoms with Crippen LogP contribution in [0.5, 0.6) is 0 Å². The zero-order valence-corrected chi connectivity index (χ0v) is 11.9. The molecule has 108 valence electrons. The molecule has 2 aromatic rings. The van der Waals surface area contributed by atoms with Gasteiger partial charge in [-0.25, -0.2) is 0 Å². The number of aliphatic hydroxyl groups is 1. The predicted molar refractivity (Wildman–Crippen MR) is 82.4 cm³/mol. The van der Waals surface area contributed by atoms with Crippen molar-refractivity contribution in [2.45, 2.75) is 13.0 Å². The number of amides is 1. The van der Waals surface area contributed by atoms with Crippen LogP contribution in [0.25, 0.3) is 6.08 Å². The zero-order valence-electron chi connectivity index (χ0n) is 11.9. The molecule has 0 bridgehead atoms. The van der Waals surface area contributed by atoms with Crippen LogP contribution in [0.2, 0.25) is 0 Å². The lowest BCUT2D eigenvalue weighted by molar-refractivity contribution is -0.116. The summed E-state index contributed by atoms with van der Waals surface area (Å²) in [4.78, 5) is 15.7. The minimum absolute atomic E-state index is 0.182. The Labute approximate surface area is 124 Å². The van der Waals surface area contributed by atoms with Gasteiger partial charge in [0.05, 0.1) is 6.10 Å². The molecule has 1 heterocycles. The highest BCUT2D eigenvalue weighted by atomic mass is 16.3. The fraction of sp³-hybridized carbons (Fsp3) is 0.176. The second kappa shape index (κ2) is 7.36. The van der Waals surface area contributed by atoms with E-state index in [0.717, 1.165) is 16.7 Å². The molecule has 0 aliphatic rings. The number of hydrogen-bond acceptors (Lipinski definition) is 3. The van der Waals surface area contributed by atoms with Crippen LogP contribution in [-0.4, -0.2) is 22.5 Å². The van der Waals surface area contributed by atoms with E-state index in [-0.39, 0.29) is 12.5 Å². The highest BCUT2D eigenvalue weighted by molar-refractivity contribution is 5.91. The lowest BCUT2D eigenvalue weighted by Crippen LogP contribution is -2.26. The molecule has 0 saturated carbocycles. The van der Waals surface area contributed by atoms with Crippen LogP contribution in [0.1, 0.15) is 22.8 Å². The van der Waals surface area contributed by atoms with E-state index in [1.54, 1.807) is 24.5 Å². The SMILES string of the molecule is Cc1ccccc1C(O)CNC(=O)/C=C/c1cccnc1. The maximum Gasteiger partial charge on any atom is 0.244 e. The van der Waals surface area contributed by atoms with E-state index in [4.69, 9.17) is 0 Å². The van der Waals surface area contributed by atoms with Gasteiger partial charge in [-0.1, -0.05) is 30.3 Å². The zero-order chi connectivity index (χ0) is 15.1. The second-order valence-corrected chi connectivity index (χ2v) is 4.74. The molecule has 2 N–H and O–H groups in total. The number of carbonyl (C=O) groups is 1. The molecule has 0 fully saturated rings. The molecule has 2 rings (SSSR count). The van der Waals surface area contributed by atoms with Crippen LogP contribution >= 0.6 is 0 Å². The molecule has 21 heavy (non-hydrogen) atoms. The first kappa shape index (κ1) is 14.9. The van der Waals surface area contributed by atoms with E-state index >= 15 is 0 Å². The Balaban J connectivity index is 1.87. The number of nitrogens with one attached hydrogen (secondary N) is 1. The number of hydrogen-bond donors (Lipinski definition) is 2. The molecule has 4 nitrogen and oxygen atoms in total. The Morgan fingerprint density at radius 1 is 1.33 bits per heavy atom. The van der Waals surface area contributed by atoms with E-state index in [1.165, 1.54) is 6.08 Å². The third-order valence-electron chi connectivity index (χ3n) is 3.13. The molecule has 0 spiro atoms. The summed E-state index contributed by atoms with van der Waals surface area (Å²) >= 11 is 0. The summed E-state index contributed by atoms with van der Waals surface area (Å²) in [5.74, 6) is -0.244. The van der Waals surface area contributed by atoms with Crippen molar-refractivity contribution in [3.8, 4) is 0 Å². The molecule has 0 aliphatic heterocycles. The number of rotatable bonds is 5. The monoisotopic (exact) mass is 282 g/mol. The molecule has 0 radical (unpaired) electrons. The average molecular weight is 282 g/mol. The average Bonchev–Trinajstić information content (AvgIpc) is 2.52. The summed E-state index contributed by atoms with van der Waals surface area (Å²) in [6, 6.07) is 11.2. The molecule has 1 amide bonds. The van der Waals surface area contributed by atoms with Crippen LogP contribution in [0.15, 0.2) is 54.9 Å². The quantitative estimate of drug-likeness (QED) is 0.827. The first-order valence-electron chi connectivity index (χ1n) is 6.76. The predicted octanol–water partition coefficient (Wildman–Crippen LogP) is 2.25. The Kier molecular flexibility index (Phi) is 5.23. The van der Waals surface area contributed by atoms with Crippen LogP contribution in [0.3, 0.4) is 0 Å². The number of aryl methyl sites for hydroxylation is 1. The fourth-order valence-corrected chi connectivity index (χ4v) is 1.97. The second-order valence-electron chi connectivity index (χ2n) is 4.74. The molecule has 1 aromatic heterocycles. The maximum atomic E-state index is 11.7. The van der Waals surface area contributed by atoms with E-state index in [9.17, 15) is 9.90 Å². The van der Waals surface area contributed by atoms with Crippen LogP contribution < -0.4 is 5.32 Å². The number of benzene rings is 1. The van der Waals surface area contributed by atoms with Crippen molar-refractivity contribution in [3.05, 3.63) is 71.6 Å². The van der Waals surface area contributed by atoms with Gasteiger partial charge in [0.1, 0.15) is 0 Å². The number of nitrogens with zero attached hydrogens (tertiary/aromatic N) is 1. The summed E-state index contributed by atoms with van der Waals surface area (Å²) < 4.78 is 0. The topological polar surface area (TPSA) is 62.2 Å². The van der Waals surface area contributed by atoms with Gasteiger partial charge < -0.3 is 10.4 Å². The van der Waals surface area contributed by atoms with Gasteiger partial charge in [-0.2, -0.15) is 0 Å². The Morgan fingerprint density at radius 2 is 2.14 bits per heavy atom. The summed E-state index contributed by atoms with van der Waals surface area (Å²) in [5.41, 5.74) is 2.69. The van der Waals surface area contributed by atoms with Crippen LogP contribution in [-0.2, 0) is 4.79 Å². The van der Waals surface area contributed by atoms with Crippen molar-refractivity contribution >= 4 is 12.0 Å². The van der Waals surface area contributed by atoms with E-state index in [0.29, 0.717) is 0 Å². The van der Waals surface area contributed by atoms with Gasteiger partial charge >= 0.3 is 0 Å². The minimum Gasteiger partial charge on any atom is -0.387 e. The Bertz CT molecular complexity index is 624. The molecule has 0 saturated heterocycles. The summed E-state index contributed by atoms with van der Waals surface area (Å²) in [6.45, 7) is 2.11. The van der Waals surface area contributed by atoms with Crippen molar-refractivity contribution in [2.24, 2.45) is 0 Å². The van der Waals surface area contributed by atoms with Gasteiger partial charge in [-0.15, -0.1) is 0 Å². The van der Waals surface area contributed by atoms with Crippen LogP contribution in [0.4, 0.5) is 0 Å². The summed E-state index contributed by atoms with van der Waals surface area (Å²) in [5, 5.41) is 12.8. The number of aliphatic hydroxyl groups excluding tert-OH is 1. The molecule has 0 aliphatic carbocycles. The van der Waals surface area contributed by atoms with Gasteiger partial charge in [0.15, 0.2) is 0 Å². The maximum absolute atomic E-state index is 11.7. The molecular weight excluding hydrogens is 264 g/mol. The van der Waals surface area contributed by atoms with E-state index in [1.807, 2.05) is 37.3 Å². The standard InChI is InChI=1S/C17H18N2O2/c1-13-5-2-3-7-15(13)16(20)12-19-17(21)9-8-14-6-4-10-18-11-14/h2-11,16,20H,12H2,1H3,(H,19,21)/b9-8+. The lowest BCUT2D eigenvalue weighted by atomic mass is 10.0. The van der Waals surface area contributed by atoms with Crippen molar-refractivity contribution in [3.63, 3.8) is 0 Å². The molecule has 1 aromatic carbocycles. The van der Waals surface area contributed by atoms with Gasteiger partial charge in [-0.3, -0.25) is 9.78 Å². The highest BCUT2D eigenvalue weighted by Crippen LogP contribution is 2.16. The van der Waals surface area contributed by atoms with E-state index in [2.05, 4.69) is 10.3 Å². The molecule has 4 heteroatoms. The van der Waals surface area contributed by atoms with E-state index < -0.39 is 6.10 Å². The normalized spacial score (nSPS) is 12.3. The fourth-order valence-electron chi connectivity index (χ4n) is 1.97. The molecule has 1 unspecified atom stereocenters. The van der Waals surface area contributed by atoms with Crippen molar-refractivity contribution in [2.75, 3.05) is 6.54 Å². The highest BCUT2D eigenvalue weighted by Gasteiger charge is 2.10. The Hall–Kier alpha value is -2.46. The van der Waals surface area contributed by atoms with Crippen molar-refractivity contribution < 1.29 is 9.90 Å². The largest absolute Gasteiger partial charge is 0.387 e. The smallest absolute Gasteiger partial charge is 0.244 e. The first-order chi connectivity index (χ1) is 10.2. The van der Waals surface area contributed by atoms with Gasteiger partial charge in [-0.05, 0) is 35.8 Å². The number of pyridine rings is 1. The summed E-state index contributed by atoms with van der Waals surface area (Å²) in [6.07, 6.45) is 5.76. The van der Waals surface area contributed by atoms with Crippen molar-refractivity contribution in [1.29, 1.82) is 0 Å². The van der Waals surface area contributed by atoms with Gasteiger partial charge in [0.2, 0.25) is 5.91 Å². The minimum atomic E-state index is -0.707.